The number of quaternary nitrogens is 1. The summed E-state index contributed by atoms with van der Waals surface area (Å²) in [6.45, 7) is 4.35. The highest BCUT2D eigenvalue weighted by atomic mass is 31.2. The molecule has 0 aliphatic heterocycles. The third-order valence-electron chi connectivity index (χ3n) is 10.7. The van der Waals surface area contributed by atoms with Gasteiger partial charge in [-0.1, -0.05) is 102 Å². The van der Waals surface area contributed by atoms with Crippen molar-refractivity contribution in [3.8, 4) is 0 Å². The van der Waals surface area contributed by atoms with E-state index in [-0.39, 0.29) is 51.3 Å². The van der Waals surface area contributed by atoms with E-state index in [1.54, 1.807) is 12.2 Å². The van der Waals surface area contributed by atoms with Gasteiger partial charge in [-0.15, -0.1) is 0 Å². The molecule has 0 heterocycles. The number of hydrogen-bond acceptors (Lipinski definition) is 10. The van der Waals surface area contributed by atoms with E-state index in [0.717, 1.165) is 44.9 Å². The van der Waals surface area contributed by atoms with Crippen molar-refractivity contribution in [2.75, 3.05) is 47.5 Å². The third-order valence-corrected chi connectivity index (χ3v) is 11.7. The molecule has 0 amide bonds. The quantitative estimate of drug-likeness (QED) is 0.0117. The van der Waals surface area contributed by atoms with Crippen LogP contribution in [-0.4, -0.2) is 108 Å². The predicted octanol–water partition coefficient (Wildman–Crippen LogP) is 9.29. The van der Waals surface area contributed by atoms with E-state index in [1.807, 2.05) is 27.2 Å². The number of nitrogens with zero attached hydrogens (tertiary/aromatic N) is 1. The Kier molecular flexibility index (Phi) is 31.5. The van der Waals surface area contributed by atoms with Gasteiger partial charge in [-0.3, -0.25) is 18.6 Å². The lowest BCUT2D eigenvalue weighted by Gasteiger charge is -2.24. The first-order chi connectivity index (χ1) is 28.2. The van der Waals surface area contributed by atoms with E-state index in [9.17, 15) is 34.4 Å². The highest BCUT2D eigenvalue weighted by molar-refractivity contribution is 7.47. The number of ether oxygens (including phenoxy) is 2. The number of ketones is 1. The van der Waals surface area contributed by atoms with E-state index in [1.165, 1.54) is 64.0 Å². The molecule has 7 atom stereocenters. The number of hydrogen-bond donors (Lipinski definition) is 4. The van der Waals surface area contributed by atoms with Gasteiger partial charge in [-0.25, -0.2) is 4.57 Å². The fraction of sp³-hybridized carbons (Fsp3) is 0.826. The van der Waals surface area contributed by atoms with Crippen molar-refractivity contribution in [1.29, 1.82) is 0 Å². The standard InChI is InChI=1S/C46H84NO11P/c1-6-8-10-11-12-13-14-15-16-17-18-19-20-21-22-26-33-55-41(38-58-59(53,54)57-34-32-47(3,4)5)37-56-46(52)29-25-24-28-40(49)35-43-42(44(50)36-45(43)51)31-30-39(48)27-23-9-7-2/h13-14,26,30-31,33,39,41-45,48,50-51H,6-12,15-25,27-29,32,34-38H2,1-5H3/p+1/b14-13-,31-30+,33-26+/t39-,41+,42+,43+,44+,45-/m0/s1. The van der Waals surface area contributed by atoms with Crippen LogP contribution in [0.2, 0.25) is 0 Å². The molecule has 1 aliphatic rings. The smallest absolute Gasteiger partial charge is 0.472 e. The van der Waals surface area contributed by atoms with Crippen LogP contribution in [0.3, 0.4) is 0 Å². The number of Topliss-reactive ketones (excluding diaryl/α,β-unsaturated/α-hetero) is 1. The van der Waals surface area contributed by atoms with Gasteiger partial charge in [0.15, 0.2) is 6.10 Å². The van der Waals surface area contributed by atoms with Gasteiger partial charge in [-0.05, 0) is 63.9 Å². The summed E-state index contributed by atoms with van der Waals surface area (Å²) in [6.07, 6.45) is 29.0. The van der Waals surface area contributed by atoms with Crippen LogP contribution in [0, 0.1) is 11.8 Å². The van der Waals surface area contributed by atoms with E-state index in [2.05, 4.69) is 26.0 Å². The van der Waals surface area contributed by atoms with Gasteiger partial charge in [0.05, 0.1) is 52.3 Å². The molecule has 1 saturated carbocycles. The molecule has 1 fully saturated rings. The Balaban J connectivity index is 2.48. The van der Waals surface area contributed by atoms with Crippen molar-refractivity contribution in [2.45, 2.75) is 186 Å². The van der Waals surface area contributed by atoms with Crippen molar-refractivity contribution < 1.29 is 57.4 Å². The molecule has 13 heteroatoms. The molecular weight excluding hydrogens is 773 g/mol. The van der Waals surface area contributed by atoms with Crippen LogP contribution in [0.15, 0.2) is 36.6 Å². The van der Waals surface area contributed by atoms with Crippen molar-refractivity contribution in [3.05, 3.63) is 36.6 Å². The molecule has 0 bridgehead atoms. The summed E-state index contributed by atoms with van der Waals surface area (Å²) in [5.74, 6) is -1.38. The Morgan fingerprint density at radius 3 is 2.00 bits per heavy atom. The second kappa shape index (κ2) is 33.7. The zero-order valence-electron chi connectivity index (χ0n) is 37.6. The molecule has 1 rings (SSSR count). The summed E-state index contributed by atoms with van der Waals surface area (Å²) < 4.78 is 34.6. The van der Waals surface area contributed by atoms with Crippen LogP contribution in [-0.2, 0) is 32.7 Å². The Labute approximate surface area is 358 Å². The molecule has 1 unspecified atom stereocenters. The molecular formula is C46H85NO11P+. The molecule has 344 valence electrons. The van der Waals surface area contributed by atoms with E-state index >= 15 is 0 Å². The second-order valence-electron chi connectivity index (χ2n) is 17.5. The van der Waals surface area contributed by atoms with Gasteiger partial charge in [0.25, 0.3) is 0 Å². The summed E-state index contributed by atoms with van der Waals surface area (Å²) in [6, 6.07) is 0. The van der Waals surface area contributed by atoms with E-state index < -0.39 is 50.0 Å². The Hall–Kier alpha value is -1.89. The van der Waals surface area contributed by atoms with E-state index in [4.69, 9.17) is 18.5 Å². The first-order valence-corrected chi connectivity index (χ1v) is 24.4. The van der Waals surface area contributed by atoms with Crippen molar-refractivity contribution in [3.63, 3.8) is 0 Å². The molecule has 0 saturated heterocycles. The van der Waals surface area contributed by atoms with Crippen molar-refractivity contribution >= 4 is 19.6 Å². The van der Waals surface area contributed by atoms with Crippen LogP contribution in [0.25, 0.3) is 0 Å². The van der Waals surface area contributed by atoms with Gasteiger partial charge < -0.3 is 34.2 Å². The third kappa shape index (κ3) is 30.7. The number of aliphatic hydroxyl groups is 3. The second-order valence-corrected chi connectivity index (χ2v) is 18.9. The average Bonchev–Trinajstić information content (AvgIpc) is 3.44. The molecule has 0 aromatic heterocycles. The predicted molar refractivity (Wildman–Crippen MR) is 235 cm³/mol. The number of unbranched alkanes of at least 4 members (excludes halogenated alkanes) is 14. The lowest BCUT2D eigenvalue weighted by Crippen LogP contribution is -2.37. The lowest BCUT2D eigenvalue weighted by molar-refractivity contribution is -0.870. The first-order valence-electron chi connectivity index (χ1n) is 22.9. The fourth-order valence-electron chi connectivity index (χ4n) is 7.00. The summed E-state index contributed by atoms with van der Waals surface area (Å²) in [5, 5.41) is 31.3. The van der Waals surface area contributed by atoms with E-state index in [0.29, 0.717) is 30.3 Å². The fourth-order valence-corrected chi connectivity index (χ4v) is 7.74. The number of carbonyl (C=O) groups is 2. The normalized spacial score (nSPS) is 20.8. The molecule has 0 aromatic carbocycles. The summed E-state index contributed by atoms with van der Waals surface area (Å²) in [4.78, 5) is 35.7. The maximum absolute atomic E-state index is 12.9. The lowest BCUT2D eigenvalue weighted by atomic mass is 9.87. The van der Waals surface area contributed by atoms with Crippen LogP contribution >= 0.6 is 7.82 Å². The minimum Gasteiger partial charge on any atom is -0.492 e. The summed E-state index contributed by atoms with van der Waals surface area (Å²) in [5.41, 5.74) is 0. The molecule has 0 aromatic rings. The first kappa shape index (κ1) is 55.1. The van der Waals surface area contributed by atoms with Crippen molar-refractivity contribution in [1.82, 2.24) is 0 Å². The molecule has 0 spiro atoms. The largest absolute Gasteiger partial charge is 0.492 e. The number of aliphatic hydroxyl groups excluding tert-OH is 3. The number of allylic oxidation sites excluding steroid dienone is 3. The number of rotatable bonds is 38. The van der Waals surface area contributed by atoms with Crippen LogP contribution in [0.5, 0.6) is 0 Å². The number of likely N-dealkylation sites (N-methyl/N-ethyl adjacent to an activating group) is 1. The highest BCUT2D eigenvalue weighted by Crippen LogP contribution is 2.43. The highest BCUT2D eigenvalue weighted by Gasteiger charge is 2.41. The molecule has 0 radical (unpaired) electrons. The summed E-state index contributed by atoms with van der Waals surface area (Å²) in [7, 11) is 1.46. The molecule has 4 N–H and O–H groups in total. The maximum Gasteiger partial charge on any atom is 0.472 e. The van der Waals surface area contributed by atoms with Crippen LogP contribution < -0.4 is 0 Å². The monoisotopic (exact) mass is 859 g/mol. The maximum atomic E-state index is 12.9. The van der Waals surface area contributed by atoms with Crippen LogP contribution in [0.1, 0.15) is 162 Å². The molecule has 59 heavy (non-hydrogen) atoms. The molecule has 12 nitrogen and oxygen atoms in total. The van der Waals surface area contributed by atoms with Gasteiger partial charge in [0, 0.05) is 37.5 Å². The molecule has 1 aliphatic carbocycles. The summed E-state index contributed by atoms with van der Waals surface area (Å²) >= 11 is 0. The minimum absolute atomic E-state index is 0.0284. The SMILES string of the molecule is CCCCCC/C=C\CCCCCCCC/C=C/O[C@H](COC(=O)CCCCC(=O)C[C@@H]1[C@@H](/C=C/[C@@H](O)CCCCC)[C@H](O)C[C@@H]1O)COP(=O)(O)OCC[N+](C)(C)C. The van der Waals surface area contributed by atoms with Gasteiger partial charge in [-0.2, -0.15) is 0 Å². The zero-order chi connectivity index (χ0) is 43.8. The van der Waals surface area contributed by atoms with Gasteiger partial charge in [0.2, 0.25) is 0 Å². The number of carbonyl (C=O) groups excluding carboxylic acids is 2. The van der Waals surface area contributed by atoms with Crippen LogP contribution in [0.4, 0.5) is 0 Å². The van der Waals surface area contributed by atoms with Gasteiger partial charge in [0.1, 0.15) is 25.5 Å². The minimum atomic E-state index is -4.36. The average molecular weight is 859 g/mol. The number of esters is 1. The van der Waals surface area contributed by atoms with Gasteiger partial charge >= 0.3 is 13.8 Å². The Morgan fingerprint density at radius 1 is 0.763 bits per heavy atom. The van der Waals surface area contributed by atoms with Crippen molar-refractivity contribution in [2.24, 2.45) is 11.8 Å². The number of phosphoric ester groups is 1. The number of phosphoric acid groups is 1. The Morgan fingerprint density at radius 2 is 1.36 bits per heavy atom. The Bertz CT molecular complexity index is 1220. The zero-order valence-corrected chi connectivity index (χ0v) is 38.5. The topological polar surface area (TPSA) is 169 Å².